The lowest BCUT2D eigenvalue weighted by atomic mass is 9.76. The first-order valence-corrected chi connectivity index (χ1v) is 6.12. The van der Waals surface area contributed by atoms with Gasteiger partial charge < -0.3 is 4.74 Å². The monoisotopic (exact) mass is 230 g/mol. The molecule has 0 bridgehead atoms. The van der Waals surface area contributed by atoms with Crippen molar-refractivity contribution in [2.45, 2.75) is 45.6 Å². The van der Waals surface area contributed by atoms with Crippen molar-refractivity contribution in [3.63, 3.8) is 0 Å². The number of pyridine rings is 1. The van der Waals surface area contributed by atoms with Crippen LogP contribution in [-0.2, 0) is 0 Å². The van der Waals surface area contributed by atoms with Gasteiger partial charge in [-0.15, -0.1) is 0 Å². The number of nitrogens with zero attached hydrogens (tertiary/aromatic N) is 2. The molecule has 1 heterocycles. The summed E-state index contributed by atoms with van der Waals surface area (Å²) in [6.45, 7) is 4.61. The molecule has 2 rings (SSSR count). The largest absolute Gasteiger partial charge is 0.474 e. The Morgan fingerprint density at radius 1 is 1.41 bits per heavy atom. The van der Waals surface area contributed by atoms with E-state index in [9.17, 15) is 0 Å². The van der Waals surface area contributed by atoms with Crippen molar-refractivity contribution in [2.75, 3.05) is 0 Å². The number of rotatable bonds is 2. The van der Waals surface area contributed by atoms with Crippen LogP contribution in [0.5, 0.6) is 5.88 Å². The van der Waals surface area contributed by atoms with Crippen molar-refractivity contribution >= 4 is 0 Å². The van der Waals surface area contributed by atoms with Crippen molar-refractivity contribution < 1.29 is 4.74 Å². The molecule has 0 aromatic carbocycles. The predicted molar refractivity (Wildman–Crippen MR) is 65.6 cm³/mol. The first-order chi connectivity index (χ1) is 8.09. The SMILES string of the molecule is CC1(C)CCC(Oc2cc(C#N)ccn2)CC1. The quantitative estimate of drug-likeness (QED) is 0.783. The van der Waals surface area contributed by atoms with Crippen LogP contribution in [-0.4, -0.2) is 11.1 Å². The number of hydrogen-bond acceptors (Lipinski definition) is 3. The second-order valence-electron chi connectivity index (χ2n) is 5.48. The van der Waals surface area contributed by atoms with Crippen LogP contribution in [0.4, 0.5) is 0 Å². The minimum atomic E-state index is 0.254. The molecular weight excluding hydrogens is 212 g/mol. The van der Waals surface area contributed by atoms with E-state index in [4.69, 9.17) is 10.00 Å². The molecular formula is C14H18N2O. The summed E-state index contributed by atoms with van der Waals surface area (Å²) in [5.41, 5.74) is 1.05. The highest BCUT2D eigenvalue weighted by Crippen LogP contribution is 2.36. The van der Waals surface area contributed by atoms with Crippen molar-refractivity contribution in [2.24, 2.45) is 5.41 Å². The summed E-state index contributed by atoms with van der Waals surface area (Å²) in [7, 11) is 0. The van der Waals surface area contributed by atoms with Gasteiger partial charge in [0, 0.05) is 12.3 Å². The van der Waals surface area contributed by atoms with E-state index < -0.39 is 0 Å². The molecule has 0 unspecified atom stereocenters. The molecule has 1 saturated carbocycles. The highest BCUT2D eigenvalue weighted by molar-refractivity contribution is 5.31. The summed E-state index contributed by atoms with van der Waals surface area (Å²) in [6, 6.07) is 5.50. The fourth-order valence-corrected chi connectivity index (χ4v) is 2.20. The van der Waals surface area contributed by atoms with Gasteiger partial charge >= 0.3 is 0 Å². The van der Waals surface area contributed by atoms with Crippen molar-refractivity contribution in [1.82, 2.24) is 4.98 Å². The number of hydrogen-bond donors (Lipinski definition) is 0. The van der Waals surface area contributed by atoms with E-state index in [-0.39, 0.29) is 6.10 Å². The standard InChI is InChI=1S/C14H18N2O/c1-14(2)6-3-12(4-7-14)17-13-9-11(10-15)5-8-16-13/h5,8-9,12H,3-4,6-7H2,1-2H3. The maximum atomic E-state index is 8.80. The summed E-state index contributed by atoms with van der Waals surface area (Å²) in [5, 5.41) is 8.80. The normalized spacial score (nSPS) is 19.6. The Balaban J connectivity index is 1.96. The summed E-state index contributed by atoms with van der Waals surface area (Å²) in [6.07, 6.45) is 6.41. The molecule has 0 radical (unpaired) electrons. The Labute approximate surface area is 102 Å². The minimum absolute atomic E-state index is 0.254. The smallest absolute Gasteiger partial charge is 0.214 e. The summed E-state index contributed by atoms with van der Waals surface area (Å²) in [5.74, 6) is 0.578. The average molecular weight is 230 g/mol. The second kappa shape index (κ2) is 4.75. The van der Waals surface area contributed by atoms with Gasteiger partial charge in [0.15, 0.2) is 0 Å². The predicted octanol–water partition coefficient (Wildman–Crippen LogP) is 3.30. The molecule has 0 atom stereocenters. The van der Waals surface area contributed by atoms with Crippen molar-refractivity contribution in [1.29, 1.82) is 5.26 Å². The van der Waals surface area contributed by atoms with E-state index in [1.54, 1.807) is 18.3 Å². The molecule has 1 aliphatic carbocycles. The topological polar surface area (TPSA) is 45.9 Å². The van der Waals surface area contributed by atoms with Gasteiger partial charge in [0.1, 0.15) is 6.10 Å². The molecule has 0 aliphatic heterocycles. The lowest BCUT2D eigenvalue weighted by molar-refractivity contribution is 0.0949. The molecule has 0 amide bonds. The Morgan fingerprint density at radius 2 is 2.12 bits per heavy atom. The summed E-state index contributed by atoms with van der Waals surface area (Å²) in [4.78, 5) is 4.14. The van der Waals surface area contributed by atoms with E-state index in [2.05, 4.69) is 24.9 Å². The molecule has 0 saturated heterocycles. The van der Waals surface area contributed by atoms with E-state index in [1.165, 1.54) is 12.8 Å². The lowest BCUT2D eigenvalue weighted by Gasteiger charge is -2.34. The van der Waals surface area contributed by atoms with Crippen LogP contribution in [0.2, 0.25) is 0 Å². The summed E-state index contributed by atoms with van der Waals surface area (Å²) < 4.78 is 5.83. The Morgan fingerprint density at radius 3 is 2.76 bits per heavy atom. The first kappa shape index (κ1) is 11.9. The zero-order chi connectivity index (χ0) is 12.3. The van der Waals surface area contributed by atoms with Crippen LogP contribution < -0.4 is 4.74 Å². The van der Waals surface area contributed by atoms with E-state index in [0.717, 1.165) is 12.8 Å². The van der Waals surface area contributed by atoms with Gasteiger partial charge in [-0.1, -0.05) is 13.8 Å². The Hall–Kier alpha value is -1.56. The van der Waals surface area contributed by atoms with Gasteiger partial charge in [-0.05, 0) is 37.2 Å². The molecule has 1 aliphatic rings. The van der Waals surface area contributed by atoms with E-state index in [0.29, 0.717) is 16.9 Å². The third kappa shape index (κ3) is 3.20. The van der Waals surface area contributed by atoms with Crippen molar-refractivity contribution in [3.05, 3.63) is 23.9 Å². The molecule has 90 valence electrons. The van der Waals surface area contributed by atoms with Gasteiger partial charge in [0.25, 0.3) is 0 Å². The minimum Gasteiger partial charge on any atom is -0.474 e. The summed E-state index contributed by atoms with van der Waals surface area (Å²) >= 11 is 0. The molecule has 17 heavy (non-hydrogen) atoms. The first-order valence-electron chi connectivity index (χ1n) is 6.12. The van der Waals surface area contributed by atoms with Crippen LogP contribution in [0.1, 0.15) is 45.1 Å². The molecule has 0 spiro atoms. The number of nitriles is 1. The van der Waals surface area contributed by atoms with Crippen LogP contribution in [0.15, 0.2) is 18.3 Å². The highest BCUT2D eigenvalue weighted by Gasteiger charge is 2.27. The van der Waals surface area contributed by atoms with Gasteiger partial charge in [-0.3, -0.25) is 0 Å². The van der Waals surface area contributed by atoms with Crippen LogP contribution in [0, 0.1) is 16.7 Å². The van der Waals surface area contributed by atoms with Gasteiger partial charge in [-0.2, -0.15) is 5.26 Å². The van der Waals surface area contributed by atoms with Gasteiger partial charge in [0.2, 0.25) is 5.88 Å². The molecule has 0 N–H and O–H groups in total. The zero-order valence-corrected chi connectivity index (χ0v) is 10.4. The zero-order valence-electron chi connectivity index (χ0n) is 10.4. The maximum Gasteiger partial charge on any atom is 0.214 e. The number of aromatic nitrogens is 1. The van der Waals surface area contributed by atoms with E-state index >= 15 is 0 Å². The highest BCUT2D eigenvalue weighted by atomic mass is 16.5. The van der Waals surface area contributed by atoms with Crippen LogP contribution in [0.3, 0.4) is 0 Å². The molecule has 1 aromatic heterocycles. The molecule has 3 nitrogen and oxygen atoms in total. The van der Waals surface area contributed by atoms with Crippen LogP contribution >= 0.6 is 0 Å². The van der Waals surface area contributed by atoms with E-state index in [1.807, 2.05) is 0 Å². The van der Waals surface area contributed by atoms with Crippen LogP contribution in [0.25, 0.3) is 0 Å². The average Bonchev–Trinajstić information content (AvgIpc) is 2.32. The van der Waals surface area contributed by atoms with Crippen molar-refractivity contribution in [3.8, 4) is 11.9 Å². The maximum absolute atomic E-state index is 8.80. The third-order valence-corrected chi connectivity index (χ3v) is 3.44. The fraction of sp³-hybridized carbons (Fsp3) is 0.571. The lowest BCUT2D eigenvalue weighted by Crippen LogP contribution is -2.28. The third-order valence-electron chi connectivity index (χ3n) is 3.44. The molecule has 1 aromatic rings. The molecule has 3 heteroatoms. The second-order valence-corrected chi connectivity index (χ2v) is 5.48. The molecule has 1 fully saturated rings. The fourth-order valence-electron chi connectivity index (χ4n) is 2.20. The Kier molecular flexibility index (Phi) is 3.33. The Bertz CT molecular complexity index is 424. The van der Waals surface area contributed by atoms with Gasteiger partial charge in [0.05, 0.1) is 11.6 Å². The number of ether oxygens (including phenoxy) is 1. The van der Waals surface area contributed by atoms with Gasteiger partial charge in [-0.25, -0.2) is 4.98 Å².